The molecule has 184 valence electrons. The van der Waals surface area contributed by atoms with Crippen LogP contribution >= 0.6 is 0 Å². The van der Waals surface area contributed by atoms with Crippen LogP contribution in [-0.2, 0) is 0 Å². The fourth-order valence-corrected chi connectivity index (χ4v) is 9.47. The van der Waals surface area contributed by atoms with E-state index < -0.39 is 8.07 Å². The van der Waals surface area contributed by atoms with E-state index in [1.165, 1.54) is 10.4 Å². The van der Waals surface area contributed by atoms with Crippen molar-refractivity contribution < 1.29 is 8.83 Å². The van der Waals surface area contributed by atoms with Gasteiger partial charge in [-0.1, -0.05) is 104 Å². The summed E-state index contributed by atoms with van der Waals surface area (Å²) in [7, 11) is -2.47. The molecule has 4 nitrogen and oxygen atoms in total. The normalized spacial score (nSPS) is 15.2. The lowest BCUT2D eigenvalue weighted by Crippen LogP contribution is -2.32. The van der Waals surface area contributed by atoms with Gasteiger partial charge in [-0.15, -0.1) is 0 Å². The Hall–Kier alpha value is -4.48. The predicted molar refractivity (Wildman–Crippen MR) is 157 cm³/mol. The topological polar surface area (TPSA) is 52.1 Å². The van der Waals surface area contributed by atoms with E-state index in [0.29, 0.717) is 11.8 Å². The van der Waals surface area contributed by atoms with Gasteiger partial charge in [-0.3, -0.25) is 0 Å². The van der Waals surface area contributed by atoms with Crippen LogP contribution in [0.15, 0.2) is 118 Å². The zero-order valence-corrected chi connectivity index (χ0v) is 22.3. The van der Waals surface area contributed by atoms with Crippen LogP contribution in [0.4, 0.5) is 0 Å². The quantitative estimate of drug-likeness (QED) is 0.218. The number of aromatic nitrogens is 2. The highest BCUT2D eigenvalue weighted by Gasteiger charge is 2.49. The molecule has 0 radical (unpaired) electrons. The average molecular weight is 511 g/mol. The molecule has 6 aromatic rings. The minimum absolute atomic E-state index is 0.695. The summed E-state index contributed by atoms with van der Waals surface area (Å²) < 4.78 is 13.0. The van der Waals surface area contributed by atoms with Crippen molar-refractivity contribution in [1.29, 1.82) is 0 Å². The van der Waals surface area contributed by atoms with E-state index >= 15 is 0 Å². The number of fused-ring (bicyclic) bond motifs is 2. The van der Waals surface area contributed by atoms with Gasteiger partial charge < -0.3 is 8.83 Å². The summed E-state index contributed by atoms with van der Waals surface area (Å²) in [5.41, 5.74) is 7.94. The summed E-state index contributed by atoms with van der Waals surface area (Å²) in [6.45, 7) is 4.67. The van der Waals surface area contributed by atoms with Gasteiger partial charge in [0, 0.05) is 10.4 Å². The molecule has 0 atom stereocenters. The molecule has 1 aliphatic rings. The number of allylic oxidation sites excluding steroid dienone is 2. The molecule has 3 heterocycles. The molecule has 0 bridgehead atoms. The van der Waals surface area contributed by atoms with Crippen molar-refractivity contribution in [2.24, 2.45) is 0 Å². The van der Waals surface area contributed by atoms with E-state index in [9.17, 15) is 0 Å². The maximum absolute atomic E-state index is 6.52. The van der Waals surface area contributed by atoms with Crippen LogP contribution < -0.4 is 0 Å². The van der Waals surface area contributed by atoms with Crippen molar-refractivity contribution in [3.05, 3.63) is 132 Å². The molecule has 0 aliphatic carbocycles. The van der Waals surface area contributed by atoms with Gasteiger partial charge in [0.25, 0.3) is 0 Å². The van der Waals surface area contributed by atoms with Crippen LogP contribution in [0.3, 0.4) is 0 Å². The van der Waals surface area contributed by atoms with Gasteiger partial charge >= 0.3 is 0 Å². The molecule has 4 aromatic carbocycles. The van der Waals surface area contributed by atoms with Crippen LogP contribution in [0.1, 0.15) is 29.8 Å². The highest BCUT2D eigenvalue weighted by molar-refractivity contribution is 7.13. The molecular formula is C33H26N2O2Si. The van der Waals surface area contributed by atoms with Gasteiger partial charge in [0.2, 0.25) is 11.8 Å². The first-order chi connectivity index (χ1) is 18.7. The number of oxazole rings is 2. The molecule has 0 unspecified atom stereocenters. The lowest BCUT2D eigenvalue weighted by Gasteiger charge is -2.25. The molecule has 5 heteroatoms. The third kappa shape index (κ3) is 3.43. The Morgan fingerprint density at radius 3 is 1.34 bits per heavy atom. The zero-order chi connectivity index (χ0) is 25.7. The lowest BCUT2D eigenvalue weighted by atomic mass is 9.91. The largest absolute Gasteiger partial charge is 0.437 e. The number of rotatable bonds is 5. The van der Waals surface area contributed by atoms with Crippen molar-refractivity contribution in [3.8, 4) is 0 Å². The van der Waals surface area contributed by atoms with Crippen LogP contribution in [0.5, 0.6) is 0 Å². The SMILES string of the molecule is CC[Si]1(C)C(c2nc3ccccc3o2)=C(c2ccccc2)C(c2ccccc2)=C1c1nc2ccccc2o1. The summed E-state index contributed by atoms with van der Waals surface area (Å²) in [6.07, 6.45) is 0. The molecule has 0 saturated heterocycles. The first-order valence-corrected chi connectivity index (χ1v) is 15.7. The summed E-state index contributed by atoms with van der Waals surface area (Å²) in [5, 5.41) is 2.39. The summed E-state index contributed by atoms with van der Waals surface area (Å²) in [4.78, 5) is 10.1. The maximum atomic E-state index is 6.52. The third-order valence-corrected chi connectivity index (χ3v) is 12.3. The molecule has 2 aromatic heterocycles. The summed E-state index contributed by atoms with van der Waals surface area (Å²) >= 11 is 0. The summed E-state index contributed by atoms with van der Waals surface area (Å²) in [6, 6.07) is 38.2. The van der Waals surface area contributed by atoms with Gasteiger partial charge in [0.05, 0.1) is 0 Å². The van der Waals surface area contributed by atoms with Gasteiger partial charge in [0.1, 0.15) is 19.1 Å². The van der Waals surface area contributed by atoms with E-state index in [4.69, 9.17) is 18.8 Å². The molecule has 7 rings (SSSR count). The molecule has 38 heavy (non-hydrogen) atoms. The van der Waals surface area contributed by atoms with Gasteiger partial charge in [-0.2, -0.15) is 0 Å². The van der Waals surface area contributed by atoms with Gasteiger partial charge in [-0.05, 0) is 46.5 Å². The van der Waals surface area contributed by atoms with E-state index in [1.807, 2.05) is 48.5 Å². The highest BCUT2D eigenvalue weighted by Crippen LogP contribution is 2.56. The Bertz CT molecular complexity index is 1660. The van der Waals surface area contributed by atoms with Crippen LogP contribution in [0, 0.1) is 0 Å². The molecule has 0 fully saturated rings. The van der Waals surface area contributed by atoms with Crippen LogP contribution in [0.25, 0.3) is 43.7 Å². The second-order valence-corrected chi connectivity index (χ2v) is 14.3. The second-order valence-electron chi connectivity index (χ2n) is 9.89. The Morgan fingerprint density at radius 2 is 0.947 bits per heavy atom. The van der Waals surface area contributed by atoms with Gasteiger partial charge in [-0.25, -0.2) is 9.97 Å². The minimum Gasteiger partial charge on any atom is -0.437 e. The second kappa shape index (κ2) is 8.82. The number of hydrogen-bond donors (Lipinski definition) is 0. The van der Waals surface area contributed by atoms with Crippen molar-refractivity contribution in [2.75, 3.05) is 0 Å². The number of para-hydroxylation sites is 4. The van der Waals surface area contributed by atoms with Crippen molar-refractivity contribution in [1.82, 2.24) is 9.97 Å². The molecule has 0 spiro atoms. The summed E-state index contributed by atoms with van der Waals surface area (Å²) in [5.74, 6) is 1.39. The predicted octanol–water partition coefficient (Wildman–Crippen LogP) is 8.68. The van der Waals surface area contributed by atoms with E-state index in [2.05, 4.69) is 74.1 Å². The first-order valence-electron chi connectivity index (χ1n) is 13.0. The van der Waals surface area contributed by atoms with E-state index in [-0.39, 0.29) is 0 Å². The fourth-order valence-electron chi connectivity index (χ4n) is 5.71. The number of nitrogens with zero attached hydrogens (tertiary/aromatic N) is 2. The average Bonchev–Trinajstić information content (AvgIpc) is 3.65. The van der Waals surface area contributed by atoms with Crippen LogP contribution in [-0.4, -0.2) is 18.0 Å². The Morgan fingerprint density at radius 1 is 0.553 bits per heavy atom. The first kappa shape index (κ1) is 22.7. The Labute approximate surface area is 222 Å². The molecule has 0 saturated carbocycles. The van der Waals surface area contributed by atoms with E-state index in [0.717, 1.165) is 50.5 Å². The lowest BCUT2D eigenvalue weighted by molar-refractivity contribution is 0.586. The third-order valence-electron chi connectivity index (χ3n) is 7.70. The van der Waals surface area contributed by atoms with Crippen molar-refractivity contribution in [3.63, 3.8) is 0 Å². The maximum Gasteiger partial charge on any atom is 0.220 e. The zero-order valence-electron chi connectivity index (χ0n) is 21.3. The standard InChI is InChI=1S/C33H26N2O2Si/c1-3-38(2)30(32-34-24-18-10-12-20-26(24)36-32)28(22-14-6-4-7-15-22)29(23-16-8-5-9-17-23)31(38)33-35-25-19-11-13-21-27(25)37-33/h4-21H,3H2,1-2H3. The Balaban J connectivity index is 1.62. The molecule has 0 amide bonds. The fraction of sp³-hybridized carbons (Fsp3) is 0.0909. The monoisotopic (exact) mass is 510 g/mol. The van der Waals surface area contributed by atoms with E-state index in [1.54, 1.807) is 0 Å². The highest BCUT2D eigenvalue weighted by atomic mass is 28.3. The van der Waals surface area contributed by atoms with Crippen molar-refractivity contribution in [2.45, 2.75) is 19.5 Å². The number of benzene rings is 4. The molecule has 1 aliphatic heterocycles. The van der Waals surface area contributed by atoms with Crippen LogP contribution in [0.2, 0.25) is 12.6 Å². The molecule has 0 N–H and O–H groups in total. The van der Waals surface area contributed by atoms with Gasteiger partial charge in [0.15, 0.2) is 11.2 Å². The number of hydrogen-bond acceptors (Lipinski definition) is 4. The molecular weight excluding hydrogens is 484 g/mol. The minimum atomic E-state index is -2.47. The smallest absolute Gasteiger partial charge is 0.220 e. The van der Waals surface area contributed by atoms with Crippen molar-refractivity contribution >= 4 is 51.8 Å². The Kier molecular flexibility index (Phi) is 5.27.